The van der Waals surface area contributed by atoms with Crippen LogP contribution in [0.3, 0.4) is 0 Å². The van der Waals surface area contributed by atoms with Crippen molar-refractivity contribution in [3.8, 4) is 0 Å². The summed E-state index contributed by atoms with van der Waals surface area (Å²) in [7, 11) is 0. The van der Waals surface area contributed by atoms with E-state index in [9.17, 15) is 0 Å². The Morgan fingerprint density at radius 1 is 1.22 bits per heavy atom. The smallest absolute Gasteiger partial charge is 0.0471 e. The Kier molecular flexibility index (Phi) is 3.49. The molecule has 18 heavy (non-hydrogen) atoms. The van der Waals surface area contributed by atoms with Gasteiger partial charge in [-0.05, 0) is 37.3 Å². The summed E-state index contributed by atoms with van der Waals surface area (Å²) in [6, 6.07) is 6.90. The van der Waals surface area contributed by atoms with Crippen LogP contribution in [0.1, 0.15) is 37.7 Å². The quantitative estimate of drug-likeness (QED) is 0.885. The highest BCUT2D eigenvalue weighted by molar-refractivity contribution is 6.31. The van der Waals surface area contributed by atoms with Gasteiger partial charge in [0.05, 0.1) is 0 Å². The van der Waals surface area contributed by atoms with Crippen molar-refractivity contribution in [3.05, 3.63) is 28.8 Å². The lowest BCUT2D eigenvalue weighted by Gasteiger charge is -2.34. The molecule has 1 aromatic rings. The predicted octanol–water partition coefficient (Wildman–Crippen LogP) is 3.57. The number of nitrogens with zero attached hydrogens (tertiary/aromatic N) is 1. The lowest BCUT2D eigenvalue weighted by molar-refractivity contribution is 0.342. The van der Waals surface area contributed by atoms with E-state index in [4.69, 9.17) is 17.3 Å². The molecule has 2 unspecified atom stereocenters. The summed E-state index contributed by atoms with van der Waals surface area (Å²) >= 11 is 6.28. The topological polar surface area (TPSA) is 29.3 Å². The van der Waals surface area contributed by atoms with Gasteiger partial charge >= 0.3 is 0 Å². The van der Waals surface area contributed by atoms with E-state index in [0.29, 0.717) is 6.54 Å². The standard InChI is InChI=1S/C15H21ClN2/c16-13-5-3-7-15(12(13)10-17)18-9-8-11-4-1-2-6-14(11)18/h3,5,7,11,14H,1-2,4,6,8-10,17H2. The second-order valence-electron chi connectivity index (χ2n) is 5.54. The zero-order chi connectivity index (χ0) is 12.5. The molecule has 0 radical (unpaired) electrons. The fraction of sp³-hybridized carbons (Fsp3) is 0.600. The van der Waals surface area contributed by atoms with Gasteiger partial charge in [0.25, 0.3) is 0 Å². The summed E-state index contributed by atoms with van der Waals surface area (Å²) in [5, 5.41) is 0.814. The van der Waals surface area contributed by atoms with Gasteiger partial charge in [-0.3, -0.25) is 0 Å². The van der Waals surface area contributed by atoms with E-state index in [1.54, 1.807) is 0 Å². The zero-order valence-electron chi connectivity index (χ0n) is 10.7. The molecular weight excluding hydrogens is 244 g/mol. The van der Waals surface area contributed by atoms with Crippen molar-refractivity contribution in [1.82, 2.24) is 0 Å². The molecule has 0 aromatic heterocycles. The zero-order valence-corrected chi connectivity index (χ0v) is 11.5. The first-order chi connectivity index (χ1) is 8.81. The van der Waals surface area contributed by atoms with Gasteiger partial charge in [-0.2, -0.15) is 0 Å². The Hall–Kier alpha value is -0.730. The summed E-state index contributed by atoms with van der Waals surface area (Å²) in [6.07, 6.45) is 6.85. The van der Waals surface area contributed by atoms with E-state index >= 15 is 0 Å². The number of hydrogen-bond acceptors (Lipinski definition) is 2. The molecule has 2 atom stereocenters. The fourth-order valence-electron chi connectivity index (χ4n) is 3.72. The number of halogens is 1. The molecule has 0 amide bonds. The maximum atomic E-state index is 6.28. The maximum Gasteiger partial charge on any atom is 0.0471 e. The minimum atomic E-state index is 0.531. The van der Waals surface area contributed by atoms with Crippen LogP contribution in [0.5, 0.6) is 0 Å². The van der Waals surface area contributed by atoms with Crippen LogP contribution in [-0.4, -0.2) is 12.6 Å². The van der Waals surface area contributed by atoms with Crippen LogP contribution in [0, 0.1) is 5.92 Å². The molecule has 1 saturated carbocycles. The number of fused-ring (bicyclic) bond motifs is 1. The number of anilines is 1. The summed E-state index contributed by atoms with van der Waals surface area (Å²) in [5.74, 6) is 0.892. The number of hydrogen-bond donors (Lipinski definition) is 1. The Bertz CT molecular complexity index is 433. The van der Waals surface area contributed by atoms with Crippen molar-refractivity contribution in [3.63, 3.8) is 0 Å². The summed E-state index contributed by atoms with van der Waals surface area (Å²) in [4.78, 5) is 2.57. The van der Waals surface area contributed by atoms with Crippen LogP contribution in [0.2, 0.25) is 5.02 Å². The molecule has 3 rings (SSSR count). The molecular formula is C15H21ClN2. The van der Waals surface area contributed by atoms with Crippen molar-refractivity contribution in [1.29, 1.82) is 0 Å². The SMILES string of the molecule is NCc1c(Cl)cccc1N1CCC2CCCCC21. The molecule has 2 nitrogen and oxygen atoms in total. The molecule has 1 aliphatic carbocycles. The first-order valence-electron chi connectivity index (χ1n) is 7.05. The lowest BCUT2D eigenvalue weighted by Crippen LogP contribution is -2.35. The summed E-state index contributed by atoms with van der Waals surface area (Å²) < 4.78 is 0. The van der Waals surface area contributed by atoms with Crippen molar-refractivity contribution in [2.45, 2.75) is 44.7 Å². The first kappa shape index (κ1) is 12.3. The minimum Gasteiger partial charge on any atom is -0.368 e. The third-order valence-corrected chi connectivity index (χ3v) is 4.97. The van der Waals surface area contributed by atoms with Gasteiger partial charge in [0.2, 0.25) is 0 Å². The Labute approximate surface area is 114 Å². The van der Waals surface area contributed by atoms with Gasteiger partial charge in [0, 0.05) is 35.4 Å². The van der Waals surface area contributed by atoms with Crippen LogP contribution >= 0.6 is 11.6 Å². The van der Waals surface area contributed by atoms with Gasteiger partial charge in [-0.15, -0.1) is 0 Å². The second kappa shape index (κ2) is 5.10. The van der Waals surface area contributed by atoms with Crippen LogP contribution in [0.4, 0.5) is 5.69 Å². The average Bonchev–Trinajstić information content (AvgIpc) is 2.82. The Morgan fingerprint density at radius 3 is 2.89 bits per heavy atom. The van der Waals surface area contributed by atoms with E-state index in [1.165, 1.54) is 44.3 Å². The van der Waals surface area contributed by atoms with Crippen LogP contribution in [-0.2, 0) is 6.54 Å². The monoisotopic (exact) mass is 264 g/mol. The highest BCUT2D eigenvalue weighted by Gasteiger charge is 2.36. The molecule has 1 heterocycles. The van der Waals surface area contributed by atoms with Crippen molar-refractivity contribution >= 4 is 17.3 Å². The van der Waals surface area contributed by atoms with Crippen molar-refractivity contribution < 1.29 is 0 Å². The third kappa shape index (κ3) is 2.02. The van der Waals surface area contributed by atoms with Gasteiger partial charge in [0.15, 0.2) is 0 Å². The van der Waals surface area contributed by atoms with Gasteiger partial charge < -0.3 is 10.6 Å². The normalized spacial score (nSPS) is 27.3. The van der Waals surface area contributed by atoms with Gasteiger partial charge in [-0.25, -0.2) is 0 Å². The Morgan fingerprint density at radius 2 is 2.06 bits per heavy atom. The molecule has 98 valence electrons. The highest BCUT2D eigenvalue weighted by Crippen LogP contribution is 2.40. The molecule has 2 aliphatic rings. The fourth-order valence-corrected chi connectivity index (χ4v) is 3.97. The van der Waals surface area contributed by atoms with Crippen LogP contribution in [0.15, 0.2) is 18.2 Å². The molecule has 0 spiro atoms. The van der Waals surface area contributed by atoms with E-state index < -0.39 is 0 Å². The first-order valence-corrected chi connectivity index (χ1v) is 7.43. The van der Waals surface area contributed by atoms with E-state index in [0.717, 1.165) is 22.5 Å². The molecule has 1 aliphatic heterocycles. The lowest BCUT2D eigenvalue weighted by atomic mass is 9.85. The van der Waals surface area contributed by atoms with E-state index in [1.807, 2.05) is 12.1 Å². The maximum absolute atomic E-state index is 6.28. The summed E-state index contributed by atoms with van der Waals surface area (Å²) in [5.41, 5.74) is 8.27. The number of nitrogens with two attached hydrogens (primary N) is 1. The van der Waals surface area contributed by atoms with E-state index in [-0.39, 0.29) is 0 Å². The van der Waals surface area contributed by atoms with Crippen molar-refractivity contribution in [2.75, 3.05) is 11.4 Å². The molecule has 1 aromatic carbocycles. The molecule has 0 bridgehead atoms. The van der Waals surface area contributed by atoms with Gasteiger partial charge in [-0.1, -0.05) is 30.5 Å². The highest BCUT2D eigenvalue weighted by atomic mass is 35.5. The third-order valence-electron chi connectivity index (χ3n) is 4.62. The largest absolute Gasteiger partial charge is 0.368 e. The molecule has 1 saturated heterocycles. The van der Waals surface area contributed by atoms with Gasteiger partial charge in [0.1, 0.15) is 0 Å². The minimum absolute atomic E-state index is 0.531. The molecule has 2 N–H and O–H groups in total. The Balaban J connectivity index is 1.93. The number of benzene rings is 1. The molecule has 2 fully saturated rings. The van der Waals surface area contributed by atoms with Crippen LogP contribution < -0.4 is 10.6 Å². The average molecular weight is 265 g/mol. The second-order valence-corrected chi connectivity index (χ2v) is 5.94. The van der Waals surface area contributed by atoms with E-state index in [2.05, 4.69) is 11.0 Å². The summed E-state index contributed by atoms with van der Waals surface area (Å²) in [6.45, 7) is 1.70. The predicted molar refractivity (Wildman–Crippen MR) is 77.1 cm³/mol. The van der Waals surface area contributed by atoms with Crippen molar-refractivity contribution in [2.24, 2.45) is 11.7 Å². The number of rotatable bonds is 2. The van der Waals surface area contributed by atoms with Crippen LogP contribution in [0.25, 0.3) is 0 Å². The molecule has 3 heteroatoms.